The standard InChI is InChI=1S/C2HN2O2/c5-2(6)1-3-4-1/h(H,5,6). The van der Waals surface area contributed by atoms with Gasteiger partial charge in [-0.05, 0) is 0 Å². The monoisotopic (exact) mass is 85.0 g/mol. The number of rotatable bonds is 1. The van der Waals surface area contributed by atoms with Crippen LogP contribution in [0.1, 0.15) is 0 Å². The van der Waals surface area contributed by atoms with Crippen LogP contribution in [0.5, 0.6) is 0 Å². The van der Waals surface area contributed by atoms with E-state index < -0.39 is 5.97 Å². The number of carboxylic acid groups (broad SMARTS) is 1. The van der Waals surface area contributed by atoms with Crippen molar-refractivity contribution in [1.82, 2.24) is 0 Å². The minimum Gasteiger partial charge on any atom is -0.478 e. The van der Waals surface area contributed by atoms with Crippen LogP contribution in [-0.2, 0) is 4.79 Å². The number of hydrogen-bond acceptors (Lipinski definition) is 3. The minimum atomic E-state index is -1.05. The molecule has 0 saturated heterocycles. The van der Waals surface area contributed by atoms with Crippen molar-refractivity contribution in [3.63, 3.8) is 0 Å². The molecule has 4 nitrogen and oxygen atoms in total. The third-order valence-corrected chi connectivity index (χ3v) is 0.391. The second-order valence-electron chi connectivity index (χ2n) is 0.829. The Morgan fingerprint density at radius 3 is 2.17 bits per heavy atom. The molecule has 1 rings (SSSR count). The van der Waals surface area contributed by atoms with Gasteiger partial charge in [-0.15, -0.1) is 10.2 Å². The Hall–Kier alpha value is -0.930. The Morgan fingerprint density at radius 2 is 2.17 bits per heavy atom. The van der Waals surface area contributed by atoms with Gasteiger partial charge in [0.15, 0.2) is 0 Å². The summed E-state index contributed by atoms with van der Waals surface area (Å²) in [5.41, 5.74) is 0. The molecule has 0 aromatic rings. The normalized spacial score (nSPS) is 18.0. The molecule has 0 fully saturated rings. The predicted molar refractivity (Wildman–Crippen MR) is 15.7 cm³/mol. The third kappa shape index (κ3) is 0.357. The van der Waals surface area contributed by atoms with Gasteiger partial charge in [-0.1, -0.05) is 0 Å². The highest BCUT2D eigenvalue weighted by atomic mass is 16.4. The van der Waals surface area contributed by atoms with E-state index in [9.17, 15) is 4.79 Å². The van der Waals surface area contributed by atoms with Gasteiger partial charge in [0.25, 0.3) is 0 Å². The van der Waals surface area contributed by atoms with Gasteiger partial charge in [0, 0.05) is 0 Å². The highest BCUT2D eigenvalue weighted by molar-refractivity contribution is 5.83. The topological polar surface area (TPSA) is 62.0 Å². The zero-order valence-corrected chi connectivity index (χ0v) is 2.75. The first-order valence-electron chi connectivity index (χ1n) is 1.32. The van der Waals surface area contributed by atoms with Crippen molar-refractivity contribution in [2.75, 3.05) is 0 Å². The highest BCUT2D eigenvalue weighted by Crippen LogP contribution is 2.18. The summed E-state index contributed by atoms with van der Waals surface area (Å²) in [4.78, 5) is 9.54. The smallest absolute Gasteiger partial charge is 0.363 e. The average Bonchev–Trinajstić information content (AvgIpc) is 2.06. The second kappa shape index (κ2) is 0.767. The van der Waals surface area contributed by atoms with E-state index in [0.717, 1.165) is 0 Å². The van der Waals surface area contributed by atoms with E-state index in [-0.39, 0.29) is 6.17 Å². The molecule has 1 aliphatic heterocycles. The van der Waals surface area contributed by atoms with Crippen molar-refractivity contribution in [3.8, 4) is 0 Å². The second-order valence-corrected chi connectivity index (χ2v) is 0.829. The van der Waals surface area contributed by atoms with E-state index in [1.807, 2.05) is 0 Å². The van der Waals surface area contributed by atoms with Crippen LogP contribution in [-0.4, -0.2) is 11.1 Å². The predicted octanol–water partition coefficient (Wildman–Crippen LogP) is 0.0263. The Bertz CT molecular complexity index is 102. The quantitative estimate of drug-likeness (QED) is 0.488. The van der Waals surface area contributed by atoms with Crippen molar-refractivity contribution < 1.29 is 9.90 Å². The van der Waals surface area contributed by atoms with E-state index >= 15 is 0 Å². The Balaban J connectivity index is 2.35. The first-order valence-corrected chi connectivity index (χ1v) is 1.32. The molecule has 1 N–H and O–H groups in total. The van der Waals surface area contributed by atoms with Gasteiger partial charge in [0.2, 0.25) is 0 Å². The van der Waals surface area contributed by atoms with Crippen molar-refractivity contribution in [2.24, 2.45) is 10.2 Å². The molecular weight excluding hydrogens is 84.0 g/mol. The molecule has 1 aliphatic rings. The maximum Gasteiger partial charge on any atom is 0.363 e. The molecule has 1 heterocycles. The van der Waals surface area contributed by atoms with Gasteiger partial charge >= 0.3 is 12.1 Å². The molecular formula is C2HN2O2. The van der Waals surface area contributed by atoms with E-state index in [2.05, 4.69) is 10.2 Å². The molecule has 0 saturated carbocycles. The Labute approximate surface area is 33.5 Å². The van der Waals surface area contributed by atoms with Gasteiger partial charge in [0.1, 0.15) is 0 Å². The summed E-state index contributed by atoms with van der Waals surface area (Å²) in [6, 6.07) is 0. The number of carboxylic acids is 1. The molecule has 0 spiro atoms. The van der Waals surface area contributed by atoms with Crippen LogP contribution in [0.25, 0.3) is 0 Å². The van der Waals surface area contributed by atoms with Crippen LogP contribution in [0.3, 0.4) is 0 Å². The number of nitrogens with zero attached hydrogens (tertiary/aromatic N) is 2. The number of carbonyl (C=O) groups is 1. The SMILES string of the molecule is O=C(O)[C]1N=N1. The van der Waals surface area contributed by atoms with Crippen LogP contribution in [0, 0.1) is 6.17 Å². The van der Waals surface area contributed by atoms with Crippen molar-refractivity contribution in [2.45, 2.75) is 0 Å². The van der Waals surface area contributed by atoms with Gasteiger partial charge in [-0.3, -0.25) is 0 Å². The molecule has 0 atom stereocenters. The lowest BCUT2D eigenvalue weighted by Crippen LogP contribution is -1.93. The summed E-state index contributed by atoms with van der Waals surface area (Å²) in [6.07, 6.45) is -0.0741. The van der Waals surface area contributed by atoms with Crippen LogP contribution >= 0.6 is 0 Å². The maximum absolute atomic E-state index is 9.54. The zero-order valence-electron chi connectivity index (χ0n) is 2.75. The number of hydrogen-bond donors (Lipinski definition) is 1. The minimum absolute atomic E-state index is 0.0741. The molecule has 0 bridgehead atoms. The van der Waals surface area contributed by atoms with Crippen molar-refractivity contribution in [3.05, 3.63) is 6.17 Å². The fourth-order valence-electron chi connectivity index (χ4n) is 0.111. The fraction of sp³-hybridized carbons (Fsp3) is 0. The van der Waals surface area contributed by atoms with Crippen molar-refractivity contribution >= 4 is 5.97 Å². The zero-order chi connectivity index (χ0) is 4.57. The maximum atomic E-state index is 9.54. The molecule has 0 aliphatic carbocycles. The lowest BCUT2D eigenvalue weighted by molar-refractivity contribution is -0.133. The van der Waals surface area contributed by atoms with E-state index in [1.54, 1.807) is 0 Å². The van der Waals surface area contributed by atoms with Gasteiger partial charge in [-0.2, -0.15) is 0 Å². The summed E-state index contributed by atoms with van der Waals surface area (Å²) >= 11 is 0. The summed E-state index contributed by atoms with van der Waals surface area (Å²) in [7, 11) is 0. The van der Waals surface area contributed by atoms with E-state index in [1.165, 1.54) is 0 Å². The summed E-state index contributed by atoms with van der Waals surface area (Å²) in [5, 5.41) is 13.9. The largest absolute Gasteiger partial charge is 0.478 e. The molecule has 31 valence electrons. The molecule has 0 unspecified atom stereocenters. The van der Waals surface area contributed by atoms with Gasteiger partial charge < -0.3 is 5.11 Å². The Kier molecular flexibility index (Phi) is 0.418. The molecule has 4 heteroatoms. The molecule has 1 radical (unpaired) electrons. The molecule has 0 aromatic heterocycles. The molecule has 6 heavy (non-hydrogen) atoms. The molecule has 0 amide bonds. The van der Waals surface area contributed by atoms with Crippen LogP contribution in [0.4, 0.5) is 0 Å². The lowest BCUT2D eigenvalue weighted by atomic mass is 10.6. The lowest BCUT2D eigenvalue weighted by Gasteiger charge is -1.69. The average molecular weight is 85.0 g/mol. The molecule has 0 aromatic carbocycles. The highest BCUT2D eigenvalue weighted by Gasteiger charge is 2.27. The number of aliphatic carboxylic acids is 1. The first-order chi connectivity index (χ1) is 2.80. The summed E-state index contributed by atoms with van der Waals surface area (Å²) in [6.45, 7) is 0. The van der Waals surface area contributed by atoms with Crippen LogP contribution < -0.4 is 0 Å². The summed E-state index contributed by atoms with van der Waals surface area (Å²) in [5.74, 6) is -1.05. The Morgan fingerprint density at radius 1 is 1.67 bits per heavy atom. The first kappa shape index (κ1) is 3.27. The van der Waals surface area contributed by atoms with Crippen LogP contribution in [0.2, 0.25) is 0 Å². The third-order valence-electron chi connectivity index (χ3n) is 0.391. The van der Waals surface area contributed by atoms with Gasteiger partial charge in [0.05, 0.1) is 0 Å². The fourth-order valence-corrected chi connectivity index (χ4v) is 0.111. The van der Waals surface area contributed by atoms with Crippen molar-refractivity contribution in [1.29, 1.82) is 0 Å². The van der Waals surface area contributed by atoms with Crippen LogP contribution in [0.15, 0.2) is 10.2 Å². The summed E-state index contributed by atoms with van der Waals surface area (Å²) < 4.78 is 0. The van der Waals surface area contributed by atoms with Gasteiger partial charge in [-0.25, -0.2) is 4.79 Å². The van der Waals surface area contributed by atoms with E-state index in [0.29, 0.717) is 0 Å². The van der Waals surface area contributed by atoms with E-state index in [4.69, 9.17) is 5.11 Å².